The van der Waals surface area contributed by atoms with Crippen LogP contribution >= 0.6 is 0 Å². The number of hydrogen-bond donors (Lipinski definition) is 3. The van der Waals surface area contributed by atoms with E-state index in [1.165, 1.54) is 6.92 Å². The summed E-state index contributed by atoms with van der Waals surface area (Å²) < 4.78 is 0. The van der Waals surface area contributed by atoms with Gasteiger partial charge < -0.3 is 15.3 Å². The van der Waals surface area contributed by atoms with Crippen LogP contribution in [0.4, 0.5) is 0 Å². The summed E-state index contributed by atoms with van der Waals surface area (Å²) in [5.74, 6) is -3.87. The molecule has 5 heteroatoms. The fraction of sp³-hybridized carbons (Fsp3) is 0.750. The zero-order chi connectivity index (χ0) is 10.2. The average Bonchev–Trinajstić information content (AvgIpc) is 2.25. The topological polar surface area (TPSA) is 94.8 Å². The molecule has 0 saturated heterocycles. The van der Waals surface area contributed by atoms with Crippen LogP contribution in [0.5, 0.6) is 0 Å². The summed E-state index contributed by atoms with van der Waals surface area (Å²) >= 11 is 0. The highest BCUT2D eigenvalue weighted by atomic mass is 16.4. The lowest BCUT2D eigenvalue weighted by Gasteiger charge is -2.21. The molecular formula is C8H12O5. The van der Waals surface area contributed by atoms with Gasteiger partial charge in [0.05, 0.1) is 17.4 Å². The zero-order valence-electron chi connectivity index (χ0n) is 7.23. The molecule has 0 aliphatic heterocycles. The first-order valence-corrected chi connectivity index (χ1v) is 4.02. The smallest absolute Gasteiger partial charge is 0.309 e. The van der Waals surface area contributed by atoms with Crippen molar-refractivity contribution < 1.29 is 24.9 Å². The number of carbonyl (C=O) groups is 2. The van der Waals surface area contributed by atoms with Gasteiger partial charge in [0.1, 0.15) is 0 Å². The van der Waals surface area contributed by atoms with Crippen LogP contribution in [-0.2, 0) is 9.59 Å². The largest absolute Gasteiger partial charge is 0.481 e. The summed E-state index contributed by atoms with van der Waals surface area (Å²) in [7, 11) is 0. The van der Waals surface area contributed by atoms with Gasteiger partial charge in [-0.05, 0) is 19.8 Å². The first-order valence-electron chi connectivity index (χ1n) is 4.02. The summed E-state index contributed by atoms with van der Waals surface area (Å²) in [5.41, 5.74) is -1.39. The van der Waals surface area contributed by atoms with Crippen molar-refractivity contribution in [2.24, 2.45) is 11.8 Å². The Hall–Kier alpha value is -1.10. The minimum absolute atomic E-state index is 0.0116. The van der Waals surface area contributed by atoms with Crippen molar-refractivity contribution in [1.82, 2.24) is 0 Å². The second kappa shape index (κ2) is 2.99. The average molecular weight is 188 g/mol. The van der Waals surface area contributed by atoms with Crippen molar-refractivity contribution in [3.8, 4) is 0 Å². The SMILES string of the molecule is C[C@]1(O)C[C@@H](C(=O)O)C[C@@H]1C(=O)O. The molecule has 3 atom stereocenters. The van der Waals surface area contributed by atoms with Gasteiger partial charge in [0.2, 0.25) is 0 Å². The quantitative estimate of drug-likeness (QED) is 0.564. The fourth-order valence-corrected chi connectivity index (χ4v) is 1.82. The van der Waals surface area contributed by atoms with Crippen molar-refractivity contribution in [3.63, 3.8) is 0 Å². The monoisotopic (exact) mass is 188 g/mol. The molecule has 0 unspecified atom stereocenters. The summed E-state index contributed by atoms with van der Waals surface area (Å²) in [6, 6.07) is 0. The van der Waals surface area contributed by atoms with E-state index in [2.05, 4.69) is 0 Å². The maximum Gasteiger partial charge on any atom is 0.309 e. The Morgan fingerprint density at radius 3 is 2.08 bits per heavy atom. The molecule has 0 heterocycles. The van der Waals surface area contributed by atoms with E-state index in [9.17, 15) is 14.7 Å². The molecule has 1 aliphatic rings. The highest BCUT2D eigenvalue weighted by molar-refractivity contribution is 5.76. The second-order valence-electron chi connectivity index (χ2n) is 3.72. The lowest BCUT2D eigenvalue weighted by atomic mass is 9.93. The molecule has 1 saturated carbocycles. The van der Waals surface area contributed by atoms with E-state index in [-0.39, 0.29) is 12.8 Å². The normalized spacial score (nSPS) is 38.9. The summed E-state index contributed by atoms with van der Waals surface area (Å²) in [6.07, 6.45) is 0.0248. The van der Waals surface area contributed by atoms with Gasteiger partial charge in [-0.2, -0.15) is 0 Å². The Labute approximate surface area is 75.0 Å². The van der Waals surface area contributed by atoms with Crippen LogP contribution in [0.15, 0.2) is 0 Å². The highest BCUT2D eigenvalue weighted by Crippen LogP contribution is 2.39. The van der Waals surface area contributed by atoms with Crippen molar-refractivity contribution in [2.75, 3.05) is 0 Å². The van der Waals surface area contributed by atoms with Crippen molar-refractivity contribution in [2.45, 2.75) is 25.4 Å². The summed E-state index contributed by atoms with van der Waals surface area (Å²) in [6.45, 7) is 1.37. The number of carboxylic acid groups (broad SMARTS) is 2. The molecule has 74 valence electrons. The van der Waals surface area contributed by atoms with Gasteiger partial charge in [0, 0.05) is 0 Å². The van der Waals surface area contributed by atoms with E-state index < -0.39 is 29.4 Å². The predicted octanol–water partition coefficient (Wildman–Crippen LogP) is -0.0672. The minimum atomic E-state index is -1.39. The van der Waals surface area contributed by atoms with E-state index >= 15 is 0 Å². The van der Waals surface area contributed by atoms with Crippen molar-refractivity contribution >= 4 is 11.9 Å². The van der Waals surface area contributed by atoms with Gasteiger partial charge in [-0.1, -0.05) is 0 Å². The third-order valence-electron chi connectivity index (χ3n) is 2.58. The van der Waals surface area contributed by atoms with E-state index in [0.717, 1.165) is 0 Å². The van der Waals surface area contributed by atoms with Gasteiger partial charge in [-0.25, -0.2) is 0 Å². The van der Waals surface area contributed by atoms with Crippen LogP contribution < -0.4 is 0 Å². The van der Waals surface area contributed by atoms with Gasteiger partial charge in [0.15, 0.2) is 0 Å². The molecule has 5 nitrogen and oxygen atoms in total. The third-order valence-corrected chi connectivity index (χ3v) is 2.58. The van der Waals surface area contributed by atoms with Gasteiger partial charge in [-0.3, -0.25) is 9.59 Å². The molecule has 0 aromatic heterocycles. The van der Waals surface area contributed by atoms with Crippen LogP contribution in [-0.4, -0.2) is 32.9 Å². The van der Waals surface area contributed by atoms with Gasteiger partial charge in [-0.15, -0.1) is 0 Å². The van der Waals surface area contributed by atoms with E-state index in [1.807, 2.05) is 0 Å². The molecule has 0 bridgehead atoms. The van der Waals surface area contributed by atoms with Crippen LogP contribution in [0.3, 0.4) is 0 Å². The van der Waals surface area contributed by atoms with E-state index in [1.54, 1.807) is 0 Å². The van der Waals surface area contributed by atoms with Gasteiger partial charge in [0.25, 0.3) is 0 Å². The second-order valence-corrected chi connectivity index (χ2v) is 3.72. The Morgan fingerprint density at radius 2 is 1.85 bits per heavy atom. The predicted molar refractivity (Wildman–Crippen MR) is 42.1 cm³/mol. The molecule has 3 N–H and O–H groups in total. The molecule has 0 aromatic carbocycles. The van der Waals surface area contributed by atoms with Gasteiger partial charge >= 0.3 is 11.9 Å². The van der Waals surface area contributed by atoms with Crippen molar-refractivity contribution in [3.05, 3.63) is 0 Å². The highest BCUT2D eigenvalue weighted by Gasteiger charge is 2.48. The van der Waals surface area contributed by atoms with E-state index in [0.29, 0.717) is 0 Å². The lowest BCUT2D eigenvalue weighted by molar-refractivity contribution is -0.148. The Balaban J connectivity index is 2.79. The van der Waals surface area contributed by atoms with Crippen LogP contribution in [0, 0.1) is 11.8 Å². The molecule has 0 amide bonds. The standard InChI is InChI=1S/C8H12O5/c1-8(13)3-4(6(9)10)2-5(8)7(11)12/h4-5,13H,2-3H2,1H3,(H,9,10)(H,11,12)/t4-,5+,8-/m0/s1. The first-order chi connectivity index (χ1) is 5.84. The number of carboxylic acids is 2. The molecule has 13 heavy (non-hydrogen) atoms. The summed E-state index contributed by atoms with van der Waals surface area (Å²) in [4.78, 5) is 21.2. The number of aliphatic hydroxyl groups is 1. The van der Waals surface area contributed by atoms with Crippen molar-refractivity contribution in [1.29, 1.82) is 0 Å². The maximum atomic E-state index is 10.6. The van der Waals surface area contributed by atoms with Crippen LogP contribution in [0.2, 0.25) is 0 Å². The molecular weight excluding hydrogens is 176 g/mol. The number of rotatable bonds is 2. The third kappa shape index (κ3) is 1.80. The minimum Gasteiger partial charge on any atom is -0.481 e. The van der Waals surface area contributed by atoms with E-state index in [4.69, 9.17) is 10.2 Å². The fourth-order valence-electron chi connectivity index (χ4n) is 1.82. The summed E-state index contributed by atoms with van der Waals surface area (Å²) in [5, 5.41) is 26.9. The molecule has 0 aromatic rings. The Kier molecular flexibility index (Phi) is 2.30. The molecule has 0 spiro atoms. The molecule has 1 aliphatic carbocycles. The Bertz CT molecular complexity index is 245. The molecule has 1 rings (SSSR count). The van der Waals surface area contributed by atoms with Crippen LogP contribution in [0.25, 0.3) is 0 Å². The lowest BCUT2D eigenvalue weighted by Crippen LogP contribution is -2.34. The first kappa shape index (κ1) is 9.98. The number of aliphatic carboxylic acids is 2. The molecule has 1 fully saturated rings. The maximum absolute atomic E-state index is 10.6. The zero-order valence-corrected chi connectivity index (χ0v) is 7.23. The molecule has 0 radical (unpaired) electrons. The Morgan fingerprint density at radius 1 is 1.31 bits per heavy atom. The van der Waals surface area contributed by atoms with Crippen LogP contribution in [0.1, 0.15) is 19.8 Å². The number of hydrogen-bond acceptors (Lipinski definition) is 3.